The van der Waals surface area contributed by atoms with Gasteiger partial charge in [0.2, 0.25) is 5.91 Å². The molecule has 0 radical (unpaired) electrons. The number of hydrogen-bond acceptors (Lipinski definition) is 5. The maximum Gasteiger partial charge on any atom is 0.259 e. The van der Waals surface area contributed by atoms with Gasteiger partial charge < -0.3 is 15.3 Å². The second-order valence-electron chi connectivity index (χ2n) is 6.69. The number of hydrogen-bond donors (Lipinski definition) is 3. The summed E-state index contributed by atoms with van der Waals surface area (Å²) in [4.78, 5) is 25.7. The quantitative estimate of drug-likeness (QED) is 0.366. The molecule has 2 aromatic carbocycles. The summed E-state index contributed by atoms with van der Waals surface area (Å²) in [6.07, 6.45) is 5.09. The molecular weight excluding hydrogens is 368 g/mol. The number of anilines is 2. The van der Waals surface area contributed by atoms with Crippen molar-refractivity contribution >= 4 is 29.4 Å². The van der Waals surface area contributed by atoms with E-state index in [1.807, 2.05) is 24.3 Å². The Labute approximate surface area is 169 Å². The summed E-state index contributed by atoms with van der Waals surface area (Å²) >= 11 is 0. The van der Waals surface area contributed by atoms with Crippen LogP contribution in [0.5, 0.6) is 5.75 Å². The van der Waals surface area contributed by atoms with Gasteiger partial charge in [-0.2, -0.15) is 5.10 Å². The highest BCUT2D eigenvalue weighted by atomic mass is 16.3. The van der Waals surface area contributed by atoms with Crippen molar-refractivity contribution in [3.8, 4) is 5.75 Å². The Morgan fingerprint density at radius 2 is 2.10 bits per heavy atom. The zero-order valence-electron chi connectivity index (χ0n) is 16.1. The van der Waals surface area contributed by atoms with Gasteiger partial charge in [-0.05, 0) is 42.7 Å². The van der Waals surface area contributed by atoms with Crippen LogP contribution in [0.1, 0.15) is 24.0 Å². The lowest BCUT2D eigenvalue weighted by Gasteiger charge is -2.16. The van der Waals surface area contributed by atoms with Crippen molar-refractivity contribution in [2.24, 2.45) is 5.10 Å². The Bertz CT molecular complexity index is 939. The first-order valence-electron chi connectivity index (χ1n) is 9.46. The van der Waals surface area contributed by atoms with Gasteiger partial charge in [0.25, 0.3) is 5.91 Å². The Kier molecular flexibility index (Phi) is 6.63. The van der Waals surface area contributed by atoms with Crippen molar-refractivity contribution in [2.45, 2.75) is 19.3 Å². The van der Waals surface area contributed by atoms with Crippen LogP contribution in [-0.4, -0.2) is 36.2 Å². The minimum Gasteiger partial charge on any atom is -0.507 e. The minimum atomic E-state index is -0.328. The van der Waals surface area contributed by atoms with Crippen molar-refractivity contribution in [1.29, 1.82) is 0 Å². The first-order valence-corrected chi connectivity index (χ1v) is 9.46. The van der Waals surface area contributed by atoms with Gasteiger partial charge in [-0.25, -0.2) is 5.43 Å². The third-order valence-electron chi connectivity index (χ3n) is 4.59. The normalized spacial score (nSPS) is 13.7. The summed E-state index contributed by atoms with van der Waals surface area (Å²) in [6, 6.07) is 12.7. The number of phenolic OH excluding ortho intramolecular Hbond substituents is 1. The second kappa shape index (κ2) is 9.54. The molecule has 3 N–H and O–H groups in total. The molecule has 1 heterocycles. The topological polar surface area (TPSA) is 94.0 Å². The number of allylic oxidation sites excluding steroid dienone is 1. The van der Waals surface area contributed by atoms with Crippen molar-refractivity contribution < 1.29 is 14.7 Å². The van der Waals surface area contributed by atoms with E-state index in [9.17, 15) is 14.7 Å². The fourth-order valence-electron chi connectivity index (χ4n) is 3.14. The summed E-state index contributed by atoms with van der Waals surface area (Å²) in [5.74, 6) is -0.0860. The van der Waals surface area contributed by atoms with Gasteiger partial charge in [0.15, 0.2) is 0 Å². The van der Waals surface area contributed by atoms with Crippen molar-refractivity contribution in [1.82, 2.24) is 5.43 Å². The maximum absolute atomic E-state index is 12.0. The van der Waals surface area contributed by atoms with Crippen molar-refractivity contribution in [2.75, 3.05) is 23.3 Å². The lowest BCUT2D eigenvalue weighted by molar-refractivity contribution is -0.119. The fraction of sp³-hybridized carbons (Fsp3) is 0.227. The van der Waals surface area contributed by atoms with Gasteiger partial charge in [0, 0.05) is 29.9 Å². The number of para-hydroxylation sites is 1. The molecule has 7 nitrogen and oxygen atoms in total. The van der Waals surface area contributed by atoms with Crippen LogP contribution in [0, 0.1) is 0 Å². The van der Waals surface area contributed by atoms with Crippen LogP contribution in [0.2, 0.25) is 0 Å². The molecule has 0 spiro atoms. The molecule has 0 unspecified atom stereocenters. The van der Waals surface area contributed by atoms with Gasteiger partial charge in [-0.1, -0.05) is 24.3 Å². The molecule has 2 amide bonds. The number of hydrazone groups is 1. The van der Waals surface area contributed by atoms with E-state index < -0.39 is 0 Å². The van der Waals surface area contributed by atoms with E-state index in [0.717, 1.165) is 29.9 Å². The van der Waals surface area contributed by atoms with Crippen molar-refractivity contribution in [3.63, 3.8) is 0 Å². The number of rotatable bonds is 8. The van der Waals surface area contributed by atoms with Crippen LogP contribution in [0.4, 0.5) is 11.4 Å². The lowest BCUT2D eigenvalue weighted by Crippen LogP contribution is -2.26. The summed E-state index contributed by atoms with van der Waals surface area (Å²) in [6.45, 7) is 4.41. The highest BCUT2D eigenvalue weighted by Crippen LogP contribution is 2.24. The molecule has 0 saturated carbocycles. The molecule has 7 heteroatoms. The number of amides is 2. The number of phenols is 1. The van der Waals surface area contributed by atoms with E-state index in [4.69, 9.17) is 0 Å². The Hall–Kier alpha value is -3.61. The van der Waals surface area contributed by atoms with Crippen LogP contribution < -0.4 is 15.6 Å². The van der Waals surface area contributed by atoms with E-state index in [0.29, 0.717) is 18.4 Å². The monoisotopic (exact) mass is 392 g/mol. The van der Waals surface area contributed by atoms with E-state index in [2.05, 4.69) is 22.4 Å². The molecule has 3 rings (SSSR count). The van der Waals surface area contributed by atoms with Gasteiger partial charge in [-0.15, -0.1) is 6.58 Å². The highest BCUT2D eigenvalue weighted by molar-refractivity contribution is 5.95. The summed E-state index contributed by atoms with van der Waals surface area (Å²) in [7, 11) is 0. The van der Waals surface area contributed by atoms with Gasteiger partial charge >= 0.3 is 0 Å². The van der Waals surface area contributed by atoms with Gasteiger partial charge in [-0.3, -0.25) is 9.59 Å². The van der Waals surface area contributed by atoms with E-state index in [-0.39, 0.29) is 24.1 Å². The van der Waals surface area contributed by atoms with Gasteiger partial charge in [0.1, 0.15) is 5.75 Å². The minimum absolute atomic E-state index is 0.0250. The van der Waals surface area contributed by atoms with Crippen LogP contribution >= 0.6 is 0 Å². The number of nitrogens with zero attached hydrogens (tertiary/aromatic N) is 2. The second-order valence-corrected chi connectivity index (χ2v) is 6.69. The Balaban J connectivity index is 1.53. The zero-order valence-corrected chi connectivity index (χ0v) is 16.1. The number of benzene rings is 2. The zero-order chi connectivity index (χ0) is 20.6. The molecule has 1 saturated heterocycles. The first-order chi connectivity index (χ1) is 14.1. The maximum atomic E-state index is 12.0. The summed E-state index contributed by atoms with van der Waals surface area (Å²) < 4.78 is 0. The molecular formula is C22H24N4O3. The molecule has 1 aliphatic heterocycles. The smallest absolute Gasteiger partial charge is 0.259 e. The molecule has 0 atom stereocenters. The number of aromatic hydroxyl groups is 1. The average molecular weight is 392 g/mol. The number of carbonyl (C=O) groups is 2. The standard InChI is InChI=1S/C22H24N4O3/c1-2-6-16-7-3-8-17(22(16)29)14-24-25-20(27)15-23-18-9-4-10-19(13-18)26-12-5-11-21(26)28/h2-4,7-10,13-14,23,29H,1,5-6,11-12,15H2,(H,25,27)/b24-14+. The number of carbonyl (C=O) groups excluding carboxylic acids is 2. The predicted molar refractivity (Wildman–Crippen MR) is 114 cm³/mol. The van der Waals surface area contributed by atoms with E-state index >= 15 is 0 Å². The molecule has 29 heavy (non-hydrogen) atoms. The van der Waals surface area contributed by atoms with Crippen LogP contribution in [0.3, 0.4) is 0 Å². The molecule has 0 bridgehead atoms. The first kappa shape index (κ1) is 20.1. The van der Waals surface area contributed by atoms with Crippen LogP contribution in [0.15, 0.2) is 60.2 Å². The van der Waals surface area contributed by atoms with Crippen LogP contribution in [0.25, 0.3) is 0 Å². The molecule has 2 aromatic rings. The van der Waals surface area contributed by atoms with Crippen molar-refractivity contribution in [3.05, 3.63) is 66.2 Å². The fourth-order valence-corrected chi connectivity index (χ4v) is 3.14. The summed E-state index contributed by atoms with van der Waals surface area (Å²) in [5, 5.41) is 17.1. The number of nitrogens with one attached hydrogen (secondary N) is 2. The molecule has 150 valence electrons. The van der Waals surface area contributed by atoms with Crippen LogP contribution in [-0.2, 0) is 16.0 Å². The lowest BCUT2D eigenvalue weighted by atomic mass is 10.1. The van der Waals surface area contributed by atoms with E-state index in [1.165, 1.54) is 6.21 Å². The average Bonchev–Trinajstić information content (AvgIpc) is 3.15. The highest BCUT2D eigenvalue weighted by Gasteiger charge is 2.21. The third kappa shape index (κ3) is 5.22. The third-order valence-corrected chi connectivity index (χ3v) is 4.59. The molecule has 0 aliphatic carbocycles. The predicted octanol–water partition coefficient (Wildman–Crippen LogP) is 2.81. The Morgan fingerprint density at radius 3 is 2.86 bits per heavy atom. The molecule has 1 aliphatic rings. The SMILES string of the molecule is C=CCc1cccc(/C=N/NC(=O)CNc2cccc(N3CCCC3=O)c2)c1O. The van der Waals surface area contributed by atoms with E-state index in [1.54, 1.807) is 29.2 Å². The largest absolute Gasteiger partial charge is 0.507 e. The molecule has 0 aromatic heterocycles. The molecule has 1 fully saturated rings. The summed E-state index contributed by atoms with van der Waals surface area (Å²) in [5.41, 5.74) is 5.26. The Morgan fingerprint density at radius 1 is 1.28 bits per heavy atom. The van der Waals surface area contributed by atoms with Gasteiger partial charge in [0.05, 0.1) is 12.8 Å².